The highest BCUT2D eigenvalue weighted by Crippen LogP contribution is 2.26. The minimum atomic E-state index is 0.437. The Bertz CT molecular complexity index is 557. The lowest BCUT2D eigenvalue weighted by molar-refractivity contribution is 0.518. The quantitative estimate of drug-likeness (QED) is 0.865. The van der Waals surface area contributed by atoms with Crippen molar-refractivity contribution in [2.75, 3.05) is 6.54 Å². The summed E-state index contributed by atoms with van der Waals surface area (Å²) in [6.45, 7) is 7.61. The van der Waals surface area contributed by atoms with E-state index >= 15 is 0 Å². The maximum Gasteiger partial charge on any atom is 0.0571 e. The molecule has 1 aromatic carbocycles. The van der Waals surface area contributed by atoms with Gasteiger partial charge in [-0.25, -0.2) is 0 Å². The fourth-order valence-corrected chi connectivity index (χ4v) is 2.52. The number of rotatable bonds is 6. The molecule has 0 radical (unpaired) electrons. The Morgan fingerprint density at radius 2 is 2.10 bits per heavy atom. The SMILES string of the molecule is CCCNC(CC)c1cccc(-c2cnn(C)c2C)c1. The van der Waals surface area contributed by atoms with Crippen LogP contribution < -0.4 is 5.32 Å². The predicted molar refractivity (Wildman–Crippen MR) is 84.7 cm³/mol. The molecule has 1 unspecified atom stereocenters. The molecular weight excluding hydrogens is 246 g/mol. The van der Waals surface area contributed by atoms with E-state index in [1.807, 2.05) is 17.9 Å². The standard InChI is InChI=1S/C17H25N3/c1-5-10-18-17(6-2)15-9-7-8-14(11-15)16-12-19-20(4)13(16)3/h7-9,11-12,17-18H,5-6,10H2,1-4H3. The largest absolute Gasteiger partial charge is 0.310 e. The van der Waals surface area contributed by atoms with Crippen molar-refractivity contribution in [3.8, 4) is 11.1 Å². The Kier molecular flexibility index (Phi) is 4.96. The first kappa shape index (κ1) is 14.8. The van der Waals surface area contributed by atoms with Crippen molar-refractivity contribution in [2.24, 2.45) is 7.05 Å². The fourth-order valence-electron chi connectivity index (χ4n) is 2.52. The van der Waals surface area contributed by atoms with Crippen LogP contribution in [-0.2, 0) is 7.05 Å². The summed E-state index contributed by atoms with van der Waals surface area (Å²) >= 11 is 0. The van der Waals surface area contributed by atoms with Crippen molar-refractivity contribution < 1.29 is 0 Å². The van der Waals surface area contributed by atoms with Gasteiger partial charge >= 0.3 is 0 Å². The Labute approximate surface area is 122 Å². The van der Waals surface area contributed by atoms with Crippen LogP contribution in [0.3, 0.4) is 0 Å². The van der Waals surface area contributed by atoms with Gasteiger partial charge in [0.15, 0.2) is 0 Å². The maximum atomic E-state index is 4.34. The van der Waals surface area contributed by atoms with E-state index in [0.29, 0.717) is 6.04 Å². The third-order valence-electron chi connectivity index (χ3n) is 3.88. The van der Waals surface area contributed by atoms with Crippen molar-refractivity contribution in [3.63, 3.8) is 0 Å². The van der Waals surface area contributed by atoms with Crippen LogP contribution in [0.1, 0.15) is 44.0 Å². The van der Waals surface area contributed by atoms with Crippen LogP contribution in [0, 0.1) is 6.92 Å². The van der Waals surface area contributed by atoms with Crippen molar-refractivity contribution in [1.82, 2.24) is 15.1 Å². The normalized spacial score (nSPS) is 12.6. The van der Waals surface area contributed by atoms with Gasteiger partial charge in [-0.05, 0) is 43.5 Å². The topological polar surface area (TPSA) is 29.9 Å². The zero-order chi connectivity index (χ0) is 14.5. The summed E-state index contributed by atoms with van der Waals surface area (Å²) in [4.78, 5) is 0. The highest BCUT2D eigenvalue weighted by Gasteiger charge is 2.11. The van der Waals surface area contributed by atoms with E-state index in [1.165, 1.54) is 22.4 Å². The van der Waals surface area contributed by atoms with Gasteiger partial charge < -0.3 is 5.32 Å². The molecule has 1 aromatic heterocycles. The first-order chi connectivity index (χ1) is 9.67. The highest BCUT2D eigenvalue weighted by atomic mass is 15.3. The summed E-state index contributed by atoms with van der Waals surface area (Å²) in [5.74, 6) is 0. The van der Waals surface area contributed by atoms with E-state index in [1.54, 1.807) is 0 Å². The van der Waals surface area contributed by atoms with Gasteiger partial charge in [-0.3, -0.25) is 4.68 Å². The summed E-state index contributed by atoms with van der Waals surface area (Å²) in [6.07, 6.45) is 4.22. The smallest absolute Gasteiger partial charge is 0.0571 e. The molecule has 0 amide bonds. The minimum absolute atomic E-state index is 0.437. The Morgan fingerprint density at radius 1 is 1.30 bits per heavy atom. The summed E-state index contributed by atoms with van der Waals surface area (Å²) in [5.41, 5.74) is 5.04. The van der Waals surface area contributed by atoms with Crippen LogP contribution in [0.4, 0.5) is 0 Å². The molecule has 1 heterocycles. The van der Waals surface area contributed by atoms with Gasteiger partial charge in [-0.15, -0.1) is 0 Å². The molecule has 0 aliphatic carbocycles. The van der Waals surface area contributed by atoms with Crippen LogP contribution in [0.25, 0.3) is 11.1 Å². The molecule has 0 spiro atoms. The van der Waals surface area contributed by atoms with E-state index in [0.717, 1.165) is 19.4 Å². The van der Waals surface area contributed by atoms with Crippen LogP contribution in [0.15, 0.2) is 30.5 Å². The average molecular weight is 271 g/mol. The van der Waals surface area contributed by atoms with Crippen LogP contribution >= 0.6 is 0 Å². The van der Waals surface area contributed by atoms with Gasteiger partial charge in [0.25, 0.3) is 0 Å². The Balaban J connectivity index is 2.29. The number of aryl methyl sites for hydroxylation is 1. The maximum absolute atomic E-state index is 4.34. The predicted octanol–water partition coefficient (Wildman–Crippen LogP) is 3.85. The van der Waals surface area contributed by atoms with Crippen molar-refractivity contribution >= 4 is 0 Å². The summed E-state index contributed by atoms with van der Waals surface area (Å²) in [7, 11) is 1.99. The average Bonchev–Trinajstić information content (AvgIpc) is 2.80. The number of hydrogen-bond acceptors (Lipinski definition) is 2. The van der Waals surface area contributed by atoms with Crippen LogP contribution in [0.2, 0.25) is 0 Å². The van der Waals surface area contributed by atoms with Crippen molar-refractivity contribution in [3.05, 3.63) is 41.7 Å². The van der Waals surface area contributed by atoms with Gasteiger partial charge in [-0.2, -0.15) is 5.10 Å². The molecule has 2 aromatic rings. The van der Waals surface area contributed by atoms with Crippen LogP contribution in [-0.4, -0.2) is 16.3 Å². The first-order valence-electron chi connectivity index (χ1n) is 7.49. The lowest BCUT2D eigenvalue weighted by Crippen LogP contribution is -2.21. The molecule has 2 rings (SSSR count). The molecule has 0 saturated carbocycles. The zero-order valence-electron chi connectivity index (χ0n) is 13.0. The molecule has 1 N–H and O–H groups in total. The van der Waals surface area contributed by atoms with E-state index in [-0.39, 0.29) is 0 Å². The second-order valence-corrected chi connectivity index (χ2v) is 5.31. The highest BCUT2D eigenvalue weighted by molar-refractivity contribution is 5.66. The van der Waals surface area contributed by atoms with Gasteiger partial charge in [0, 0.05) is 24.3 Å². The first-order valence-corrected chi connectivity index (χ1v) is 7.49. The second kappa shape index (κ2) is 6.71. The molecule has 3 heteroatoms. The molecular formula is C17H25N3. The third-order valence-corrected chi connectivity index (χ3v) is 3.88. The number of nitrogens with zero attached hydrogens (tertiary/aromatic N) is 2. The third kappa shape index (κ3) is 3.10. The molecule has 20 heavy (non-hydrogen) atoms. The number of nitrogens with one attached hydrogen (secondary N) is 1. The Morgan fingerprint density at radius 3 is 2.70 bits per heavy atom. The zero-order valence-corrected chi connectivity index (χ0v) is 13.0. The molecule has 0 bridgehead atoms. The van der Waals surface area contributed by atoms with Gasteiger partial charge in [0.05, 0.1) is 6.20 Å². The van der Waals surface area contributed by atoms with Gasteiger partial charge in [-0.1, -0.05) is 32.0 Å². The van der Waals surface area contributed by atoms with Gasteiger partial charge in [0.1, 0.15) is 0 Å². The summed E-state index contributed by atoms with van der Waals surface area (Å²) < 4.78 is 1.93. The molecule has 108 valence electrons. The minimum Gasteiger partial charge on any atom is -0.310 e. The lowest BCUT2D eigenvalue weighted by atomic mass is 9.98. The molecule has 0 saturated heterocycles. The molecule has 3 nitrogen and oxygen atoms in total. The summed E-state index contributed by atoms with van der Waals surface area (Å²) in [5, 5.41) is 7.95. The van der Waals surface area contributed by atoms with E-state index < -0.39 is 0 Å². The number of benzene rings is 1. The monoisotopic (exact) mass is 271 g/mol. The van der Waals surface area contributed by atoms with Crippen LogP contribution in [0.5, 0.6) is 0 Å². The molecule has 1 atom stereocenters. The summed E-state index contributed by atoms with van der Waals surface area (Å²) in [6, 6.07) is 9.26. The van der Waals surface area contributed by atoms with Crippen molar-refractivity contribution in [2.45, 2.75) is 39.7 Å². The van der Waals surface area contributed by atoms with Gasteiger partial charge in [0.2, 0.25) is 0 Å². The fraction of sp³-hybridized carbons (Fsp3) is 0.471. The van der Waals surface area contributed by atoms with E-state index in [2.05, 4.69) is 55.5 Å². The number of hydrogen-bond donors (Lipinski definition) is 1. The Hall–Kier alpha value is -1.61. The van der Waals surface area contributed by atoms with E-state index in [4.69, 9.17) is 0 Å². The number of aromatic nitrogens is 2. The second-order valence-electron chi connectivity index (χ2n) is 5.31. The molecule has 0 fully saturated rings. The van der Waals surface area contributed by atoms with Crippen molar-refractivity contribution in [1.29, 1.82) is 0 Å². The van der Waals surface area contributed by atoms with E-state index in [9.17, 15) is 0 Å². The molecule has 0 aliphatic heterocycles. The lowest BCUT2D eigenvalue weighted by Gasteiger charge is -2.18. The molecule has 0 aliphatic rings.